The van der Waals surface area contributed by atoms with E-state index in [2.05, 4.69) is 11.9 Å². The third-order valence-electron chi connectivity index (χ3n) is 2.63. The summed E-state index contributed by atoms with van der Waals surface area (Å²) in [6.45, 7) is 7.99. The Bertz CT molecular complexity index is 483. The highest BCUT2D eigenvalue weighted by molar-refractivity contribution is 7.85. The van der Waals surface area contributed by atoms with Gasteiger partial charge in [-0.25, -0.2) is 0 Å². The van der Waals surface area contributed by atoms with Gasteiger partial charge in [0.2, 0.25) is 0 Å². The van der Waals surface area contributed by atoms with Crippen LogP contribution in [0.4, 0.5) is 0 Å². The van der Waals surface area contributed by atoms with E-state index < -0.39 is 10.1 Å². The Hall–Kier alpha value is -1.17. The maximum Gasteiger partial charge on any atom is 0.294 e. The molecule has 0 radical (unpaired) electrons. The van der Waals surface area contributed by atoms with E-state index in [1.54, 1.807) is 12.1 Å². The average Bonchev–Trinajstić information content (AvgIpc) is 2.30. The third-order valence-corrected chi connectivity index (χ3v) is 3.50. The first-order valence-electron chi connectivity index (χ1n) is 5.81. The van der Waals surface area contributed by atoms with Crippen LogP contribution in [0.3, 0.4) is 0 Å². The van der Waals surface area contributed by atoms with Crippen LogP contribution < -0.4 is 5.32 Å². The normalized spacial score (nSPS) is 15.8. The minimum atomic E-state index is -4.02. The second-order valence-electron chi connectivity index (χ2n) is 4.29. The van der Waals surface area contributed by atoms with Gasteiger partial charge in [0.1, 0.15) is 0 Å². The highest BCUT2D eigenvalue weighted by Gasteiger charge is 2.06. The Balaban J connectivity index is 0.000000199. The molecule has 4 nitrogen and oxygen atoms in total. The fourth-order valence-corrected chi connectivity index (χ4v) is 1.97. The number of piperidine rings is 1. The molecule has 1 fully saturated rings. The summed E-state index contributed by atoms with van der Waals surface area (Å²) >= 11 is 0. The molecule has 2 N–H and O–H groups in total. The Morgan fingerprint density at radius 2 is 1.67 bits per heavy atom. The number of hydrogen-bond donors (Lipinski definition) is 2. The zero-order valence-electron chi connectivity index (χ0n) is 10.5. The molecule has 5 heteroatoms. The van der Waals surface area contributed by atoms with E-state index in [9.17, 15) is 8.42 Å². The summed E-state index contributed by atoms with van der Waals surface area (Å²) in [5.74, 6) is 0. The molecule has 0 atom stereocenters. The van der Waals surface area contributed by atoms with E-state index in [4.69, 9.17) is 4.55 Å². The molecule has 1 aromatic carbocycles. The van der Waals surface area contributed by atoms with Gasteiger partial charge in [-0.3, -0.25) is 4.55 Å². The average molecular weight is 269 g/mol. The number of aryl methyl sites for hydroxylation is 1. The van der Waals surface area contributed by atoms with Gasteiger partial charge in [0.25, 0.3) is 10.1 Å². The zero-order valence-corrected chi connectivity index (χ0v) is 11.3. The van der Waals surface area contributed by atoms with Crippen LogP contribution in [-0.2, 0) is 10.1 Å². The van der Waals surface area contributed by atoms with Gasteiger partial charge >= 0.3 is 0 Å². The van der Waals surface area contributed by atoms with E-state index in [0.29, 0.717) is 0 Å². The first-order valence-corrected chi connectivity index (χ1v) is 7.25. The second-order valence-corrected chi connectivity index (χ2v) is 5.71. The molecule has 1 aliphatic rings. The summed E-state index contributed by atoms with van der Waals surface area (Å²) in [6.07, 6.45) is 2.36. The third kappa shape index (κ3) is 5.44. The molecule has 1 heterocycles. The first-order chi connectivity index (χ1) is 8.39. The maximum absolute atomic E-state index is 10.5. The Morgan fingerprint density at radius 3 is 2.00 bits per heavy atom. The Morgan fingerprint density at radius 1 is 1.17 bits per heavy atom. The van der Waals surface area contributed by atoms with E-state index in [1.165, 1.54) is 30.5 Å². The van der Waals surface area contributed by atoms with Crippen molar-refractivity contribution in [2.75, 3.05) is 13.1 Å². The molecule has 0 spiro atoms. The molecule has 0 bridgehead atoms. The lowest BCUT2D eigenvalue weighted by Crippen LogP contribution is -2.22. The van der Waals surface area contributed by atoms with Crippen molar-refractivity contribution in [3.05, 3.63) is 42.0 Å². The lowest BCUT2D eigenvalue weighted by molar-refractivity contribution is 0.483. The first kappa shape index (κ1) is 14.9. The van der Waals surface area contributed by atoms with E-state index in [1.807, 2.05) is 6.92 Å². The van der Waals surface area contributed by atoms with Gasteiger partial charge in [0.05, 0.1) is 4.90 Å². The maximum atomic E-state index is 10.5. The van der Waals surface area contributed by atoms with Gasteiger partial charge < -0.3 is 5.32 Å². The van der Waals surface area contributed by atoms with Crippen molar-refractivity contribution < 1.29 is 13.0 Å². The molecule has 1 saturated heterocycles. The van der Waals surface area contributed by atoms with Crippen molar-refractivity contribution in [3.8, 4) is 0 Å². The molecule has 0 aromatic heterocycles. The molecule has 0 aliphatic carbocycles. The molecule has 0 unspecified atom stereocenters. The van der Waals surface area contributed by atoms with E-state index >= 15 is 0 Å². The number of hydrogen-bond acceptors (Lipinski definition) is 3. The van der Waals surface area contributed by atoms with E-state index in [0.717, 1.165) is 18.7 Å². The van der Waals surface area contributed by atoms with Crippen LogP contribution in [-0.4, -0.2) is 26.1 Å². The molecule has 0 amide bonds. The van der Waals surface area contributed by atoms with Crippen molar-refractivity contribution in [2.24, 2.45) is 0 Å². The quantitative estimate of drug-likeness (QED) is 0.605. The molecule has 18 heavy (non-hydrogen) atoms. The summed E-state index contributed by atoms with van der Waals surface area (Å²) in [5, 5.41) is 3.25. The lowest BCUT2D eigenvalue weighted by Gasteiger charge is -2.12. The van der Waals surface area contributed by atoms with Crippen molar-refractivity contribution in [1.82, 2.24) is 5.32 Å². The minimum Gasteiger partial charge on any atom is -0.316 e. The van der Waals surface area contributed by atoms with Gasteiger partial charge in [-0.05, 0) is 45.0 Å². The highest BCUT2D eigenvalue weighted by atomic mass is 32.2. The summed E-state index contributed by atoms with van der Waals surface area (Å²) in [4.78, 5) is -0.0666. The summed E-state index contributed by atoms with van der Waals surface area (Å²) in [6, 6.07) is 5.99. The SMILES string of the molecule is C=C1CCNCC1.Cc1ccc(S(=O)(=O)O)cc1. The monoisotopic (exact) mass is 269 g/mol. The molecule has 1 aromatic rings. The molecule has 2 rings (SSSR count). The Kier molecular flexibility index (Phi) is 5.53. The van der Waals surface area contributed by atoms with Gasteiger partial charge in [-0.15, -0.1) is 0 Å². The zero-order chi connectivity index (χ0) is 13.6. The second kappa shape index (κ2) is 6.68. The van der Waals surface area contributed by atoms with Crippen LogP contribution in [0.5, 0.6) is 0 Å². The van der Waals surface area contributed by atoms with Crippen molar-refractivity contribution >= 4 is 10.1 Å². The highest BCUT2D eigenvalue weighted by Crippen LogP contribution is 2.08. The van der Waals surface area contributed by atoms with Crippen molar-refractivity contribution in [2.45, 2.75) is 24.7 Å². The molecule has 100 valence electrons. The number of benzene rings is 1. The molecular weight excluding hydrogens is 250 g/mol. The van der Waals surface area contributed by atoms with E-state index in [-0.39, 0.29) is 4.90 Å². The van der Waals surface area contributed by atoms with Crippen LogP contribution in [0.15, 0.2) is 41.3 Å². The fourth-order valence-electron chi connectivity index (χ4n) is 1.49. The summed E-state index contributed by atoms with van der Waals surface area (Å²) in [7, 11) is -4.02. The van der Waals surface area contributed by atoms with Crippen LogP contribution >= 0.6 is 0 Å². The summed E-state index contributed by atoms with van der Waals surface area (Å²) in [5.41, 5.74) is 2.36. The van der Waals surface area contributed by atoms with Gasteiger partial charge in [-0.1, -0.05) is 29.8 Å². The van der Waals surface area contributed by atoms with Crippen LogP contribution in [0.2, 0.25) is 0 Å². The number of nitrogens with one attached hydrogen (secondary N) is 1. The molecule has 0 saturated carbocycles. The predicted molar refractivity (Wildman–Crippen MR) is 72.2 cm³/mol. The van der Waals surface area contributed by atoms with Crippen LogP contribution in [0.1, 0.15) is 18.4 Å². The smallest absolute Gasteiger partial charge is 0.294 e. The lowest BCUT2D eigenvalue weighted by atomic mass is 10.1. The van der Waals surface area contributed by atoms with Crippen molar-refractivity contribution in [3.63, 3.8) is 0 Å². The largest absolute Gasteiger partial charge is 0.316 e. The fraction of sp³-hybridized carbons (Fsp3) is 0.385. The topological polar surface area (TPSA) is 66.4 Å². The summed E-state index contributed by atoms with van der Waals surface area (Å²) < 4.78 is 29.6. The Labute approximate surface area is 108 Å². The molecule has 1 aliphatic heterocycles. The van der Waals surface area contributed by atoms with Gasteiger partial charge in [-0.2, -0.15) is 8.42 Å². The molecular formula is C13H19NO3S. The minimum absolute atomic E-state index is 0.0666. The van der Waals surface area contributed by atoms with Crippen molar-refractivity contribution in [1.29, 1.82) is 0 Å². The number of rotatable bonds is 1. The van der Waals surface area contributed by atoms with Gasteiger partial charge in [0.15, 0.2) is 0 Å². The van der Waals surface area contributed by atoms with Crippen LogP contribution in [0, 0.1) is 6.92 Å². The predicted octanol–water partition coefficient (Wildman–Crippen LogP) is 2.17. The van der Waals surface area contributed by atoms with Crippen LogP contribution in [0.25, 0.3) is 0 Å². The standard InChI is InChI=1S/C7H8O3S.C6H11N/c1-6-2-4-7(5-3-6)11(8,9)10;1-6-2-4-7-5-3-6/h2-5H,1H3,(H,8,9,10);7H,1-5H2. The van der Waals surface area contributed by atoms with Gasteiger partial charge in [0, 0.05) is 0 Å².